The molecule has 1 rings (SSSR count). The van der Waals surface area contributed by atoms with E-state index in [2.05, 4.69) is 4.90 Å². The fourth-order valence-electron chi connectivity index (χ4n) is 2.41. The van der Waals surface area contributed by atoms with Crippen LogP contribution in [0.1, 0.15) is 25.3 Å². The zero-order chi connectivity index (χ0) is 16.4. The van der Waals surface area contributed by atoms with Crippen molar-refractivity contribution in [2.75, 3.05) is 41.0 Å². The molecular formula is C17H29NO4. The van der Waals surface area contributed by atoms with Crippen LogP contribution in [0.2, 0.25) is 0 Å². The van der Waals surface area contributed by atoms with Crippen molar-refractivity contribution in [1.82, 2.24) is 4.90 Å². The molecule has 22 heavy (non-hydrogen) atoms. The van der Waals surface area contributed by atoms with Gasteiger partial charge in [-0.2, -0.15) is 0 Å². The first-order valence-electron chi connectivity index (χ1n) is 7.75. The molecular weight excluding hydrogens is 282 g/mol. The molecule has 1 atom stereocenters. The number of nitrogens with zero attached hydrogens (tertiary/aromatic N) is 1. The summed E-state index contributed by atoms with van der Waals surface area (Å²) in [6.45, 7) is 4.92. The van der Waals surface area contributed by atoms with E-state index in [1.165, 1.54) is 0 Å². The molecule has 1 N–H and O–H groups in total. The van der Waals surface area contributed by atoms with E-state index in [1.807, 2.05) is 25.1 Å². The lowest BCUT2D eigenvalue weighted by Gasteiger charge is -2.25. The van der Waals surface area contributed by atoms with E-state index in [4.69, 9.17) is 14.2 Å². The van der Waals surface area contributed by atoms with Gasteiger partial charge in [-0.1, -0.05) is 19.1 Å². The number of aliphatic hydroxyl groups is 1. The van der Waals surface area contributed by atoms with Gasteiger partial charge < -0.3 is 19.3 Å². The summed E-state index contributed by atoms with van der Waals surface area (Å²) in [6.07, 6.45) is 1.36. The summed E-state index contributed by atoms with van der Waals surface area (Å²) in [6, 6.07) is 5.88. The second-order valence-corrected chi connectivity index (χ2v) is 5.30. The van der Waals surface area contributed by atoms with Crippen LogP contribution in [0.15, 0.2) is 18.2 Å². The van der Waals surface area contributed by atoms with E-state index in [1.54, 1.807) is 21.3 Å². The molecule has 0 bridgehead atoms. The fourth-order valence-corrected chi connectivity index (χ4v) is 2.41. The first-order valence-corrected chi connectivity index (χ1v) is 7.75. The minimum absolute atomic E-state index is 0.320. The normalized spacial score (nSPS) is 12.5. The lowest BCUT2D eigenvalue weighted by Crippen LogP contribution is -2.33. The van der Waals surface area contributed by atoms with Gasteiger partial charge in [0.05, 0.1) is 20.3 Å². The Morgan fingerprint density at radius 3 is 2.55 bits per heavy atom. The molecule has 0 amide bonds. The predicted octanol–water partition coefficient (Wildman–Crippen LogP) is 2.31. The third-order valence-electron chi connectivity index (χ3n) is 3.64. The number of aliphatic hydroxyl groups excluding tert-OH is 1. The first-order chi connectivity index (χ1) is 10.7. The highest BCUT2D eigenvalue weighted by Gasteiger charge is 2.15. The van der Waals surface area contributed by atoms with E-state index >= 15 is 0 Å². The van der Waals surface area contributed by atoms with Crippen molar-refractivity contribution < 1.29 is 19.3 Å². The summed E-state index contributed by atoms with van der Waals surface area (Å²) >= 11 is 0. The van der Waals surface area contributed by atoms with Gasteiger partial charge in [0.2, 0.25) is 0 Å². The van der Waals surface area contributed by atoms with Crippen LogP contribution in [0.5, 0.6) is 11.5 Å². The van der Waals surface area contributed by atoms with Crippen LogP contribution in [0.25, 0.3) is 0 Å². The number of rotatable bonds is 11. The molecule has 0 radical (unpaired) electrons. The molecule has 126 valence electrons. The number of methoxy groups -OCH3 is 3. The van der Waals surface area contributed by atoms with Crippen molar-refractivity contribution in [1.29, 1.82) is 0 Å². The molecule has 0 aliphatic carbocycles. The molecule has 1 aromatic rings. The van der Waals surface area contributed by atoms with Crippen LogP contribution in [0.4, 0.5) is 0 Å². The summed E-state index contributed by atoms with van der Waals surface area (Å²) in [7, 11) is 4.99. The number of para-hydroxylation sites is 1. The van der Waals surface area contributed by atoms with Gasteiger partial charge in [0.15, 0.2) is 11.5 Å². The molecule has 0 spiro atoms. The summed E-state index contributed by atoms with van der Waals surface area (Å²) in [4.78, 5) is 2.23. The third kappa shape index (κ3) is 5.83. The average molecular weight is 311 g/mol. The minimum atomic E-state index is -0.320. The van der Waals surface area contributed by atoms with Crippen molar-refractivity contribution in [2.24, 2.45) is 0 Å². The molecule has 0 fully saturated rings. The first kappa shape index (κ1) is 18.7. The Morgan fingerprint density at radius 1 is 1.18 bits per heavy atom. The highest BCUT2D eigenvalue weighted by molar-refractivity contribution is 5.46. The van der Waals surface area contributed by atoms with Crippen LogP contribution in [0.3, 0.4) is 0 Å². The molecule has 0 aliphatic heterocycles. The molecule has 0 saturated heterocycles. The van der Waals surface area contributed by atoms with Crippen molar-refractivity contribution in [3.05, 3.63) is 23.8 Å². The maximum atomic E-state index is 9.96. The molecule has 0 saturated carbocycles. The van der Waals surface area contributed by atoms with E-state index in [0.29, 0.717) is 19.7 Å². The van der Waals surface area contributed by atoms with Crippen LogP contribution in [-0.2, 0) is 11.3 Å². The van der Waals surface area contributed by atoms with Gasteiger partial charge in [-0.3, -0.25) is 4.90 Å². The number of ether oxygens (including phenoxy) is 3. The van der Waals surface area contributed by atoms with Gasteiger partial charge in [-0.25, -0.2) is 0 Å². The quantitative estimate of drug-likeness (QED) is 0.636. The molecule has 0 heterocycles. The highest BCUT2D eigenvalue weighted by atomic mass is 16.5. The molecule has 0 aromatic heterocycles. The van der Waals surface area contributed by atoms with Crippen LogP contribution in [-0.4, -0.2) is 57.1 Å². The van der Waals surface area contributed by atoms with Crippen molar-refractivity contribution in [3.63, 3.8) is 0 Å². The topological polar surface area (TPSA) is 51.2 Å². The van der Waals surface area contributed by atoms with Gasteiger partial charge in [0.25, 0.3) is 0 Å². The average Bonchev–Trinajstić information content (AvgIpc) is 2.54. The Bertz CT molecular complexity index is 425. The standard InChI is InChI=1S/C17H29NO4/c1-5-15(19)13-18(10-7-11-20-2)12-14-8-6-9-16(21-3)17(14)22-4/h6,8-9,15,19H,5,7,10-13H2,1-4H3. The summed E-state index contributed by atoms with van der Waals surface area (Å²) in [5, 5.41) is 9.96. The lowest BCUT2D eigenvalue weighted by molar-refractivity contribution is 0.0962. The van der Waals surface area contributed by atoms with E-state index in [9.17, 15) is 5.11 Å². The zero-order valence-electron chi connectivity index (χ0n) is 14.2. The van der Waals surface area contributed by atoms with Crippen molar-refractivity contribution in [3.8, 4) is 11.5 Å². The van der Waals surface area contributed by atoms with Gasteiger partial charge in [-0.15, -0.1) is 0 Å². The Kier molecular flexibility index (Phi) is 8.89. The smallest absolute Gasteiger partial charge is 0.165 e. The lowest BCUT2D eigenvalue weighted by atomic mass is 10.1. The van der Waals surface area contributed by atoms with Gasteiger partial charge in [0, 0.05) is 38.9 Å². The summed E-state index contributed by atoms with van der Waals surface area (Å²) in [5.74, 6) is 1.49. The van der Waals surface area contributed by atoms with Crippen molar-refractivity contribution in [2.45, 2.75) is 32.4 Å². The Morgan fingerprint density at radius 2 is 1.95 bits per heavy atom. The highest BCUT2D eigenvalue weighted by Crippen LogP contribution is 2.31. The molecule has 5 heteroatoms. The van der Waals surface area contributed by atoms with Crippen LogP contribution >= 0.6 is 0 Å². The zero-order valence-corrected chi connectivity index (χ0v) is 14.2. The van der Waals surface area contributed by atoms with Crippen LogP contribution in [0, 0.1) is 0 Å². The Balaban J connectivity index is 2.83. The van der Waals surface area contributed by atoms with E-state index in [0.717, 1.165) is 36.4 Å². The second-order valence-electron chi connectivity index (χ2n) is 5.30. The number of hydrogen-bond donors (Lipinski definition) is 1. The molecule has 1 unspecified atom stereocenters. The largest absolute Gasteiger partial charge is 0.493 e. The monoisotopic (exact) mass is 311 g/mol. The fraction of sp³-hybridized carbons (Fsp3) is 0.647. The van der Waals surface area contributed by atoms with E-state index < -0.39 is 0 Å². The molecule has 1 aromatic carbocycles. The molecule has 0 aliphatic rings. The van der Waals surface area contributed by atoms with Crippen molar-refractivity contribution >= 4 is 0 Å². The van der Waals surface area contributed by atoms with Crippen LogP contribution < -0.4 is 9.47 Å². The molecule has 5 nitrogen and oxygen atoms in total. The van der Waals surface area contributed by atoms with Gasteiger partial charge in [0.1, 0.15) is 0 Å². The maximum absolute atomic E-state index is 9.96. The second kappa shape index (κ2) is 10.4. The predicted molar refractivity (Wildman–Crippen MR) is 87.6 cm³/mol. The maximum Gasteiger partial charge on any atom is 0.165 e. The minimum Gasteiger partial charge on any atom is -0.493 e. The number of benzene rings is 1. The third-order valence-corrected chi connectivity index (χ3v) is 3.64. The van der Waals surface area contributed by atoms with Gasteiger partial charge in [-0.05, 0) is 18.9 Å². The van der Waals surface area contributed by atoms with E-state index in [-0.39, 0.29) is 6.10 Å². The van der Waals surface area contributed by atoms with Gasteiger partial charge >= 0.3 is 0 Å². The summed E-state index contributed by atoms with van der Waals surface area (Å²) < 4.78 is 16.0. The Labute approximate surface area is 133 Å². The number of hydrogen-bond acceptors (Lipinski definition) is 5. The Hall–Kier alpha value is -1.30. The SMILES string of the molecule is CCC(O)CN(CCCOC)Cc1cccc(OC)c1OC. The summed E-state index contributed by atoms with van der Waals surface area (Å²) in [5.41, 5.74) is 1.06.